The van der Waals surface area contributed by atoms with E-state index in [9.17, 15) is 0 Å². The van der Waals surface area contributed by atoms with Crippen LogP contribution in [0.1, 0.15) is 50.7 Å². The Kier molecular flexibility index (Phi) is 7.75. The van der Waals surface area contributed by atoms with Crippen molar-refractivity contribution in [2.75, 3.05) is 0 Å². The van der Waals surface area contributed by atoms with Gasteiger partial charge in [0.25, 0.3) is 0 Å². The van der Waals surface area contributed by atoms with Crippen molar-refractivity contribution in [3.8, 4) is 0 Å². The van der Waals surface area contributed by atoms with E-state index in [0.717, 1.165) is 0 Å². The molecule has 0 unspecified atom stereocenters. The molecule has 0 heterocycles. The molecule has 2 aromatic carbocycles. The van der Waals surface area contributed by atoms with Crippen LogP contribution >= 0.6 is 0 Å². The predicted octanol–water partition coefficient (Wildman–Crippen LogP) is 4.88. The summed E-state index contributed by atoms with van der Waals surface area (Å²) in [6.45, 7) is 4.53. The Hall–Kier alpha value is -0.300. The number of rotatable bonds is 6. The molecule has 98 valence electrons. The molecule has 2 rings (SSSR count). The van der Waals surface area contributed by atoms with Crippen molar-refractivity contribution in [1.82, 2.24) is 0 Å². The maximum atomic E-state index is 2.31. The summed E-state index contributed by atoms with van der Waals surface area (Å²) >= 11 is 0. The van der Waals surface area contributed by atoms with Crippen LogP contribution in [0.2, 0.25) is 0 Å². The predicted molar refractivity (Wildman–Crippen MR) is 88.3 cm³/mol. The third kappa shape index (κ3) is 4.34. The molecular formula is C18H25Na. The van der Waals surface area contributed by atoms with Gasteiger partial charge in [0, 0.05) is 0 Å². The van der Waals surface area contributed by atoms with E-state index in [1.165, 1.54) is 49.3 Å². The van der Waals surface area contributed by atoms with Crippen molar-refractivity contribution in [3.63, 3.8) is 0 Å². The van der Waals surface area contributed by atoms with Gasteiger partial charge in [-0.15, -0.1) is 0 Å². The second kappa shape index (κ2) is 8.79. The van der Waals surface area contributed by atoms with Crippen molar-refractivity contribution in [2.45, 2.75) is 52.4 Å². The summed E-state index contributed by atoms with van der Waals surface area (Å²) in [7, 11) is 0. The van der Waals surface area contributed by atoms with Crippen molar-refractivity contribution in [3.05, 3.63) is 47.5 Å². The summed E-state index contributed by atoms with van der Waals surface area (Å²) in [5.41, 5.74) is 3.09. The van der Waals surface area contributed by atoms with E-state index in [0.29, 0.717) is 0 Å². The maximum absolute atomic E-state index is 2.31. The summed E-state index contributed by atoms with van der Waals surface area (Å²) in [6, 6.07) is 13.5. The van der Waals surface area contributed by atoms with Gasteiger partial charge in [0.15, 0.2) is 0 Å². The molecule has 0 fully saturated rings. The fraction of sp³-hybridized carbons (Fsp3) is 0.444. The Morgan fingerprint density at radius 2 is 1.21 bits per heavy atom. The van der Waals surface area contributed by atoms with Crippen LogP contribution in [-0.4, -0.2) is 29.6 Å². The summed E-state index contributed by atoms with van der Waals surface area (Å²) < 4.78 is 0. The van der Waals surface area contributed by atoms with Crippen LogP contribution in [0, 0.1) is 0 Å². The molecule has 0 spiro atoms. The molecular weight excluding hydrogens is 239 g/mol. The molecule has 0 radical (unpaired) electrons. The first-order valence-corrected chi connectivity index (χ1v) is 7.36. The number of aryl methyl sites for hydroxylation is 2. The Labute approximate surface area is 139 Å². The van der Waals surface area contributed by atoms with Crippen LogP contribution in [0.3, 0.4) is 0 Å². The standard InChI is InChI=1S/C18H24.Na.H/c1-3-5-9-15-11-7-13-17-14-8-12-16(18(15)17)10-6-4-2;;/h7-8,11-14H,3-6,9-10H2,1-2H3;;. The summed E-state index contributed by atoms with van der Waals surface area (Å²) in [6.07, 6.45) is 7.57. The topological polar surface area (TPSA) is 0 Å². The average Bonchev–Trinajstić information content (AvgIpc) is 2.42. The van der Waals surface area contributed by atoms with Gasteiger partial charge in [-0.2, -0.15) is 0 Å². The number of fused-ring (bicyclic) bond motifs is 1. The van der Waals surface area contributed by atoms with Crippen LogP contribution in [0.25, 0.3) is 10.8 Å². The zero-order valence-electron chi connectivity index (χ0n) is 11.7. The van der Waals surface area contributed by atoms with Gasteiger partial charge in [-0.3, -0.25) is 0 Å². The molecule has 0 aliphatic carbocycles. The molecule has 0 saturated heterocycles. The monoisotopic (exact) mass is 264 g/mol. The van der Waals surface area contributed by atoms with Crippen molar-refractivity contribution in [1.29, 1.82) is 0 Å². The van der Waals surface area contributed by atoms with Crippen LogP contribution in [0.5, 0.6) is 0 Å². The van der Waals surface area contributed by atoms with Crippen LogP contribution in [0.4, 0.5) is 0 Å². The van der Waals surface area contributed by atoms with E-state index in [2.05, 4.69) is 50.2 Å². The molecule has 0 saturated carbocycles. The van der Waals surface area contributed by atoms with E-state index in [1.54, 1.807) is 11.1 Å². The second-order valence-corrected chi connectivity index (χ2v) is 5.14. The van der Waals surface area contributed by atoms with E-state index in [1.807, 2.05) is 0 Å². The molecule has 0 amide bonds. The third-order valence-electron chi connectivity index (χ3n) is 3.68. The first-order chi connectivity index (χ1) is 8.86. The summed E-state index contributed by atoms with van der Waals surface area (Å²) in [5, 5.41) is 2.94. The normalized spacial score (nSPS) is 10.4. The quantitative estimate of drug-likeness (QED) is 0.652. The van der Waals surface area contributed by atoms with Crippen LogP contribution in [-0.2, 0) is 12.8 Å². The minimum atomic E-state index is 0. The summed E-state index contributed by atoms with van der Waals surface area (Å²) in [4.78, 5) is 0. The summed E-state index contributed by atoms with van der Waals surface area (Å²) in [5.74, 6) is 0. The Morgan fingerprint density at radius 3 is 1.63 bits per heavy atom. The SMILES string of the molecule is CCCCc1cccc2cccc(CCCC)c12.[NaH]. The first-order valence-electron chi connectivity index (χ1n) is 7.36. The number of hydrogen-bond acceptors (Lipinski definition) is 0. The van der Waals surface area contributed by atoms with Crippen LogP contribution in [0.15, 0.2) is 36.4 Å². The van der Waals surface area contributed by atoms with E-state index < -0.39 is 0 Å². The van der Waals surface area contributed by atoms with E-state index in [4.69, 9.17) is 0 Å². The Balaban J connectivity index is 0.00000180. The molecule has 0 aliphatic heterocycles. The molecule has 19 heavy (non-hydrogen) atoms. The zero-order valence-corrected chi connectivity index (χ0v) is 11.7. The number of benzene rings is 2. The van der Waals surface area contributed by atoms with Gasteiger partial charge in [0.05, 0.1) is 0 Å². The molecule has 0 nitrogen and oxygen atoms in total. The van der Waals surface area contributed by atoms with Gasteiger partial charge in [-0.1, -0.05) is 63.1 Å². The molecule has 0 aliphatic rings. The van der Waals surface area contributed by atoms with Crippen molar-refractivity contribution >= 4 is 40.3 Å². The second-order valence-electron chi connectivity index (χ2n) is 5.14. The molecule has 2 aromatic rings. The van der Waals surface area contributed by atoms with E-state index in [-0.39, 0.29) is 29.6 Å². The average molecular weight is 264 g/mol. The van der Waals surface area contributed by atoms with Crippen molar-refractivity contribution < 1.29 is 0 Å². The third-order valence-corrected chi connectivity index (χ3v) is 3.68. The van der Waals surface area contributed by atoms with Gasteiger partial charge in [0.2, 0.25) is 0 Å². The molecule has 0 N–H and O–H groups in total. The Bertz CT molecular complexity index is 459. The van der Waals surface area contributed by atoms with E-state index >= 15 is 0 Å². The molecule has 0 aromatic heterocycles. The number of unbranched alkanes of at least 4 members (excludes halogenated alkanes) is 2. The minimum absolute atomic E-state index is 0. The van der Waals surface area contributed by atoms with Crippen molar-refractivity contribution in [2.24, 2.45) is 0 Å². The molecule has 1 heteroatoms. The van der Waals surface area contributed by atoms with Gasteiger partial charge >= 0.3 is 29.6 Å². The van der Waals surface area contributed by atoms with Crippen LogP contribution < -0.4 is 0 Å². The first kappa shape index (κ1) is 16.8. The van der Waals surface area contributed by atoms with Gasteiger partial charge in [-0.05, 0) is 47.6 Å². The fourth-order valence-corrected chi connectivity index (χ4v) is 2.65. The fourth-order valence-electron chi connectivity index (χ4n) is 2.65. The number of hydrogen-bond donors (Lipinski definition) is 0. The van der Waals surface area contributed by atoms with Gasteiger partial charge in [-0.25, -0.2) is 0 Å². The van der Waals surface area contributed by atoms with Gasteiger partial charge < -0.3 is 0 Å². The molecule has 0 bridgehead atoms. The zero-order chi connectivity index (χ0) is 12.8. The Morgan fingerprint density at radius 1 is 0.737 bits per heavy atom. The molecule has 0 atom stereocenters. The van der Waals surface area contributed by atoms with Gasteiger partial charge in [0.1, 0.15) is 0 Å².